The summed E-state index contributed by atoms with van der Waals surface area (Å²) in [6.45, 7) is 9.52. The lowest BCUT2D eigenvalue weighted by molar-refractivity contribution is -0.128. The molecule has 0 aromatic heterocycles. The van der Waals surface area contributed by atoms with E-state index in [1.54, 1.807) is 0 Å². The van der Waals surface area contributed by atoms with Gasteiger partial charge >= 0.3 is 0 Å². The summed E-state index contributed by atoms with van der Waals surface area (Å²) >= 11 is 0. The summed E-state index contributed by atoms with van der Waals surface area (Å²) in [4.78, 5) is 10.9. The Kier molecular flexibility index (Phi) is 2.88. The van der Waals surface area contributed by atoms with Crippen LogP contribution in [0, 0.1) is 18.3 Å². The number of hydrogen-bond acceptors (Lipinski definition) is 1. The molecule has 1 atom stereocenters. The minimum absolute atomic E-state index is 0.252. The molecule has 1 radical (unpaired) electrons. The summed E-state index contributed by atoms with van der Waals surface area (Å²) in [5.41, 5.74) is 4.77. The summed E-state index contributed by atoms with van der Waals surface area (Å²) in [5, 5.41) is 0. The van der Waals surface area contributed by atoms with E-state index in [4.69, 9.17) is 5.73 Å². The third kappa shape index (κ3) is 1.49. The van der Waals surface area contributed by atoms with Gasteiger partial charge < -0.3 is 5.73 Å². The molecule has 10 heavy (non-hydrogen) atoms. The van der Waals surface area contributed by atoms with E-state index in [0.717, 1.165) is 0 Å². The van der Waals surface area contributed by atoms with Crippen LogP contribution in [0.5, 0.6) is 0 Å². The van der Waals surface area contributed by atoms with Crippen LogP contribution in [0.4, 0.5) is 0 Å². The van der Waals surface area contributed by atoms with Crippen molar-refractivity contribution in [2.75, 3.05) is 0 Å². The van der Waals surface area contributed by atoms with Gasteiger partial charge in [0.15, 0.2) is 0 Å². The molecule has 0 aromatic rings. The van der Waals surface area contributed by atoms with Crippen molar-refractivity contribution in [2.24, 2.45) is 17.1 Å². The van der Waals surface area contributed by atoms with E-state index in [-0.39, 0.29) is 11.8 Å². The van der Waals surface area contributed by atoms with E-state index in [1.165, 1.54) is 0 Å². The predicted molar refractivity (Wildman–Crippen MR) is 42.1 cm³/mol. The van der Waals surface area contributed by atoms with Crippen LogP contribution in [0.25, 0.3) is 0 Å². The van der Waals surface area contributed by atoms with Crippen molar-refractivity contribution in [3.8, 4) is 0 Å². The van der Waals surface area contributed by atoms with Gasteiger partial charge in [0, 0.05) is 5.41 Å². The smallest absolute Gasteiger partial charge is 0.223 e. The molecule has 2 nitrogen and oxygen atoms in total. The van der Waals surface area contributed by atoms with Crippen LogP contribution >= 0.6 is 0 Å². The lowest BCUT2D eigenvalue weighted by Gasteiger charge is -2.28. The van der Waals surface area contributed by atoms with E-state index >= 15 is 0 Å². The Morgan fingerprint density at radius 2 is 2.10 bits per heavy atom. The van der Waals surface area contributed by atoms with Crippen LogP contribution in [0.3, 0.4) is 0 Å². The molecule has 1 amide bonds. The second-order valence-electron chi connectivity index (χ2n) is 3.19. The predicted octanol–water partition coefficient (Wildman–Crippen LogP) is 1.36. The monoisotopic (exact) mass is 142 g/mol. The second kappa shape index (κ2) is 3.04. The van der Waals surface area contributed by atoms with E-state index in [0.29, 0.717) is 6.42 Å². The fourth-order valence-corrected chi connectivity index (χ4v) is 0.696. The van der Waals surface area contributed by atoms with E-state index in [9.17, 15) is 4.79 Å². The van der Waals surface area contributed by atoms with Crippen molar-refractivity contribution in [2.45, 2.75) is 27.2 Å². The highest BCUT2D eigenvalue weighted by atomic mass is 16.1. The van der Waals surface area contributed by atoms with Crippen molar-refractivity contribution in [3.63, 3.8) is 0 Å². The van der Waals surface area contributed by atoms with Crippen molar-refractivity contribution in [3.05, 3.63) is 6.92 Å². The molecular formula is C8H16NO. The number of rotatable bonds is 3. The number of carbonyl (C=O) groups excluding carboxylic acids is 1. The molecular weight excluding hydrogens is 126 g/mol. The molecule has 0 saturated heterocycles. The van der Waals surface area contributed by atoms with Gasteiger partial charge in [-0.1, -0.05) is 27.7 Å². The summed E-state index contributed by atoms with van der Waals surface area (Å²) in [6.07, 6.45) is 0.569. The molecule has 0 aromatic carbocycles. The zero-order valence-electron chi connectivity index (χ0n) is 6.98. The Morgan fingerprint density at radius 1 is 1.70 bits per heavy atom. The molecule has 0 heterocycles. The van der Waals surface area contributed by atoms with Crippen molar-refractivity contribution in [1.29, 1.82) is 0 Å². The van der Waals surface area contributed by atoms with Gasteiger partial charge in [0.05, 0.1) is 0 Å². The third-order valence-corrected chi connectivity index (χ3v) is 2.36. The van der Waals surface area contributed by atoms with Gasteiger partial charge in [-0.3, -0.25) is 4.79 Å². The Hall–Kier alpha value is -0.530. The minimum Gasteiger partial charge on any atom is -0.369 e. The van der Waals surface area contributed by atoms with Crippen LogP contribution < -0.4 is 5.73 Å². The Balaban J connectivity index is 4.38. The standard InChI is InChI=1S/C8H16NO/c1-5-8(4,6(2)3)7(9)10/h6H,1,5H2,2-4H3,(H2,9,10). The normalized spacial score (nSPS) is 16.9. The minimum atomic E-state index is -0.431. The van der Waals surface area contributed by atoms with Crippen molar-refractivity contribution >= 4 is 5.91 Å². The average molecular weight is 142 g/mol. The van der Waals surface area contributed by atoms with Gasteiger partial charge in [-0.15, -0.1) is 0 Å². The molecule has 0 aliphatic carbocycles. The average Bonchev–Trinajstić information content (AvgIpc) is 1.85. The second-order valence-corrected chi connectivity index (χ2v) is 3.19. The van der Waals surface area contributed by atoms with Crippen LogP contribution in [-0.2, 0) is 4.79 Å². The largest absolute Gasteiger partial charge is 0.369 e. The molecule has 0 fully saturated rings. The zero-order chi connectivity index (χ0) is 8.36. The number of nitrogens with two attached hydrogens (primary N) is 1. The first kappa shape index (κ1) is 9.47. The Morgan fingerprint density at radius 3 is 2.10 bits per heavy atom. The SMILES string of the molecule is [CH2]CC(C)(C(N)=O)C(C)C. The highest BCUT2D eigenvalue weighted by Gasteiger charge is 2.32. The maximum absolute atomic E-state index is 10.9. The van der Waals surface area contributed by atoms with Gasteiger partial charge in [0.1, 0.15) is 0 Å². The molecule has 0 saturated carbocycles. The zero-order valence-corrected chi connectivity index (χ0v) is 6.98. The number of primary amides is 1. The van der Waals surface area contributed by atoms with Crippen LogP contribution in [0.2, 0.25) is 0 Å². The molecule has 0 aliphatic heterocycles. The number of amides is 1. The van der Waals surface area contributed by atoms with Gasteiger partial charge in [0.2, 0.25) is 5.91 Å². The van der Waals surface area contributed by atoms with Gasteiger partial charge in [-0.05, 0) is 12.3 Å². The van der Waals surface area contributed by atoms with Gasteiger partial charge in [0.25, 0.3) is 0 Å². The maximum atomic E-state index is 10.9. The number of carbonyl (C=O) groups is 1. The molecule has 0 spiro atoms. The van der Waals surface area contributed by atoms with E-state index < -0.39 is 5.41 Å². The molecule has 59 valence electrons. The molecule has 2 heteroatoms. The van der Waals surface area contributed by atoms with Crippen molar-refractivity contribution in [1.82, 2.24) is 0 Å². The Bertz CT molecular complexity index is 131. The van der Waals surface area contributed by atoms with Gasteiger partial charge in [-0.2, -0.15) is 0 Å². The molecule has 0 bridgehead atoms. The molecule has 0 aliphatic rings. The molecule has 1 unspecified atom stereocenters. The first-order valence-electron chi connectivity index (χ1n) is 3.54. The summed E-state index contributed by atoms with van der Waals surface area (Å²) in [5.74, 6) is 0.0139. The first-order chi connectivity index (χ1) is 4.45. The van der Waals surface area contributed by atoms with E-state index in [2.05, 4.69) is 6.92 Å². The fourth-order valence-electron chi connectivity index (χ4n) is 0.696. The summed E-state index contributed by atoms with van der Waals surface area (Å²) in [6, 6.07) is 0. The first-order valence-corrected chi connectivity index (χ1v) is 3.54. The van der Waals surface area contributed by atoms with Crippen LogP contribution in [0.15, 0.2) is 0 Å². The lowest BCUT2D eigenvalue weighted by Crippen LogP contribution is -2.38. The van der Waals surface area contributed by atoms with Crippen LogP contribution in [-0.4, -0.2) is 5.91 Å². The maximum Gasteiger partial charge on any atom is 0.223 e. The number of hydrogen-bond donors (Lipinski definition) is 1. The fraction of sp³-hybridized carbons (Fsp3) is 0.750. The highest BCUT2D eigenvalue weighted by Crippen LogP contribution is 2.29. The lowest BCUT2D eigenvalue weighted by atomic mass is 9.76. The third-order valence-electron chi connectivity index (χ3n) is 2.36. The quantitative estimate of drug-likeness (QED) is 0.635. The van der Waals surface area contributed by atoms with Gasteiger partial charge in [-0.25, -0.2) is 0 Å². The topological polar surface area (TPSA) is 43.1 Å². The molecule has 0 rings (SSSR count). The summed E-state index contributed by atoms with van der Waals surface area (Å²) < 4.78 is 0. The highest BCUT2D eigenvalue weighted by molar-refractivity contribution is 5.80. The van der Waals surface area contributed by atoms with Crippen molar-refractivity contribution < 1.29 is 4.79 Å². The van der Waals surface area contributed by atoms with Crippen LogP contribution in [0.1, 0.15) is 27.2 Å². The summed E-state index contributed by atoms with van der Waals surface area (Å²) in [7, 11) is 0. The van der Waals surface area contributed by atoms with E-state index in [1.807, 2.05) is 20.8 Å². The molecule has 2 N–H and O–H groups in total. The Labute approximate surface area is 62.8 Å².